The monoisotopic (exact) mass is 407 g/mol. The van der Waals surface area contributed by atoms with E-state index >= 15 is 0 Å². The van der Waals surface area contributed by atoms with Gasteiger partial charge in [-0.1, -0.05) is 46.6 Å². The highest BCUT2D eigenvalue weighted by molar-refractivity contribution is 7.80. The third kappa shape index (κ3) is 13.0. The van der Waals surface area contributed by atoms with E-state index in [1.54, 1.807) is 0 Å². The number of methoxy groups -OCH3 is 1. The van der Waals surface area contributed by atoms with Crippen molar-refractivity contribution >= 4 is 18.6 Å². The molecule has 0 amide bonds. The standard InChI is InChI=1S/C24H41NO2S/c1-19(2)10-8-12-21(5)14-16-25(23(18-28)24(26)27-7)17-15-22(6)13-9-11-20(3)4/h10-11,14-15,23,28H,8-9,12-13,16-18H2,1-7H3/b21-14+,22-15+/t23-/m1/s1. The Kier molecular flexibility index (Phi) is 14.9. The summed E-state index contributed by atoms with van der Waals surface area (Å²) >= 11 is 4.40. The number of rotatable bonds is 13. The predicted molar refractivity (Wildman–Crippen MR) is 126 cm³/mol. The fraction of sp³-hybridized carbons (Fsp3) is 0.625. The normalized spacial score (nSPS) is 13.3. The summed E-state index contributed by atoms with van der Waals surface area (Å²) in [6.45, 7) is 14.3. The topological polar surface area (TPSA) is 29.5 Å². The van der Waals surface area contributed by atoms with Gasteiger partial charge in [-0.3, -0.25) is 9.69 Å². The van der Waals surface area contributed by atoms with E-state index in [0.717, 1.165) is 38.8 Å². The van der Waals surface area contributed by atoms with Crippen LogP contribution in [0.15, 0.2) is 46.6 Å². The molecule has 3 nitrogen and oxygen atoms in total. The molecule has 0 saturated carbocycles. The lowest BCUT2D eigenvalue weighted by Crippen LogP contribution is -2.43. The molecule has 0 aliphatic rings. The zero-order valence-electron chi connectivity index (χ0n) is 19.0. The molecular formula is C24H41NO2S. The van der Waals surface area contributed by atoms with E-state index in [2.05, 4.69) is 83.4 Å². The van der Waals surface area contributed by atoms with E-state index < -0.39 is 0 Å². The summed E-state index contributed by atoms with van der Waals surface area (Å²) in [5, 5.41) is 0. The number of esters is 1. The lowest BCUT2D eigenvalue weighted by atomic mass is 10.1. The molecule has 160 valence electrons. The fourth-order valence-electron chi connectivity index (χ4n) is 2.73. The van der Waals surface area contributed by atoms with Crippen molar-refractivity contribution in [1.82, 2.24) is 4.90 Å². The van der Waals surface area contributed by atoms with Crippen LogP contribution in [-0.2, 0) is 9.53 Å². The first-order valence-corrected chi connectivity index (χ1v) is 10.8. The van der Waals surface area contributed by atoms with Crippen molar-refractivity contribution in [2.45, 2.75) is 73.3 Å². The average molecular weight is 408 g/mol. The molecule has 0 unspecified atom stereocenters. The highest BCUT2D eigenvalue weighted by atomic mass is 32.1. The summed E-state index contributed by atoms with van der Waals surface area (Å²) in [5.41, 5.74) is 5.39. The Morgan fingerprint density at radius 3 is 1.61 bits per heavy atom. The van der Waals surface area contributed by atoms with Crippen LogP contribution in [0.2, 0.25) is 0 Å². The van der Waals surface area contributed by atoms with Crippen LogP contribution >= 0.6 is 12.6 Å². The summed E-state index contributed by atoms with van der Waals surface area (Å²) in [5.74, 6) is 0.225. The number of allylic oxidation sites excluding steroid dienone is 6. The number of ether oxygens (including phenoxy) is 1. The van der Waals surface area contributed by atoms with Gasteiger partial charge in [0, 0.05) is 18.8 Å². The number of carbonyl (C=O) groups is 1. The number of thiol groups is 1. The highest BCUT2D eigenvalue weighted by Crippen LogP contribution is 2.12. The Morgan fingerprint density at radius 1 is 0.857 bits per heavy atom. The molecule has 0 heterocycles. The van der Waals surface area contributed by atoms with Gasteiger partial charge in [0.15, 0.2) is 0 Å². The zero-order chi connectivity index (χ0) is 21.5. The van der Waals surface area contributed by atoms with Gasteiger partial charge < -0.3 is 4.74 Å². The van der Waals surface area contributed by atoms with Crippen LogP contribution < -0.4 is 0 Å². The van der Waals surface area contributed by atoms with Crippen LogP contribution in [0.3, 0.4) is 0 Å². The van der Waals surface area contributed by atoms with E-state index in [0.29, 0.717) is 5.75 Å². The molecule has 0 aromatic carbocycles. The van der Waals surface area contributed by atoms with Crippen molar-refractivity contribution in [2.75, 3.05) is 26.0 Å². The first-order valence-electron chi connectivity index (χ1n) is 10.2. The number of hydrogen-bond acceptors (Lipinski definition) is 4. The SMILES string of the molecule is COC(=O)[C@@H](CS)N(C/C=C(\C)CCC=C(C)C)C/C=C(\C)CCC=C(C)C. The predicted octanol–water partition coefficient (Wildman–Crippen LogP) is 6.15. The van der Waals surface area contributed by atoms with Gasteiger partial charge in [0.1, 0.15) is 6.04 Å². The Morgan fingerprint density at radius 2 is 1.29 bits per heavy atom. The summed E-state index contributed by atoms with van der Waals surface area (Å²) < 4.78 is 4.99. The maximum Gasteiger partial charge on any atom is 0.323 e. The molecule has 0 spiro atoms. The largest absolute Gasteiger partial charge is 0.468 e. The molecular weight excluding hydrogens is 366 g/mol. The lowest BCUT2D eigenvalue weighted by molar-refractivity contribution is -0.145. The van der Waals surface area contributed by atoms with Gasteiger partial charge in [0.2, 0.25) is 0 Å². The van der Waals surface area contributed by atoms with Gasteiger partial charge in [-0.25, -0.2) is 0 Å². The zero-order valence-corrected chi connectivity index (χ0v) is 19.9. The van der Waals surface area contributed by atoms with E-state index in [1.165, 1.54) is 29.4 Å². The van der Waals surface area contributed by atoms with Crippen molar-refractivity contribution in [3.8, 4) is 0 Å². The third-order valence-corrected chi connectivity index (χ3v) is 4.96. The van der Waals surface area contributed by atoms with E-state index in [-0.39, 0.29) is 12.0 Å². The van der Waals surface area contributed by atoms with Crippen LogP contribution in [0.5, 0.6) is 0 Å². The molecule has 0 bridgehead atoms. The second-order valence-electron chi connectivity index (χ2n) is 7.92. The minimum atomic E-state index is -0.336. The van der Waals surface area contributed by atoms with Gasteiger partial charge in [0.05, 0.1) is 7.11 Å². The molecule has 28 heavy (non-hydrogen) atoms. The van der Waals surface area contributed by atoms with Crippen molar-refractivity contribution in [2.24, 2.45) is 0 Å². The molecule has 0 radical (unpaired) electrons. The van der Waals surface area contributed by atoms with Crippen LogP contribution in [0.4, 0.5) is 0 Å². The molecule has 0 rings (SSSR count). The minimum Gasteiger partial charge on any atom is -0.468 e. The first-order chi connectivity index (χ1) is 13.2. The summed E-state index contributed by atoms with van der Waals surface area (Å²) in [7, 11) is 1.44. The van der Waals surface area contributed by atoms with Gasteiger partial charge in [-0.15, -0.1) is 0 Å². The molecule has 4 heteroatoms. The van der Waals surface area contributed by atoms with Crippen molar-refractivity contribution in [1.29, 1.82) is 0 Å². The second kappa shape index (κ2) is 15.6. The van der Waals surface area contributed by atoms with Crippen molar-refractivity contribution < 1.29 is 9.53 Å². The van der Waals surface area contributed by atoms with Crippen LogP contribution in [0, 0.1) is 0 Å². The molecule has 0 fully saturated rings. The van der Waals surface area contributed by atoms with Crippen LogP contribution in [-0.4, -0.2) is 42.9 Å². The van der Waals surface area contributed by atoms with E-state index in [1.807, 2.05) is 0 Å². The molecule has 0 aromatic heterocycles. The Balaban J connectivity index is 5.07. The summed E-state index contributed by atoms with van der Waals surface area (Å²) in [6, 6.07) is -0.336. The van der Waals surface area contributed by atoms with Crippen LogP contribution in [0.25, 0.3) is 0 Å². The van der Waals surface area contributed by atoms with Gasteiger partial charge in [0.25, 0.3) is 0 Å². The number of hydrogen-bond donors (Lipinski definition) is 1. The summed E-state index contributed by atoms with van der Waals surface area (Å²) in [4.78, 5) is 14.3. The maximum absolute atomic E-state index is 12.2. The van der Waals surface area contributed by atoms with E-state index in [4.69, 9.17) is 4.74 Å². The van der Waals surface area contributed by atoms with Crippen molar-refractivity contribution in [3.63, 3.8) is 0 Å². The fourth-order valence-corrected chi connectivity index (χ4v) is 3.11. The second-order valence-corrected chi connectivity index (χ2v) is 8.28. The quantitative estimate of drug-likeness (QED) is 0.226. The van der Waals surface area contributed by atoms with E-state index in [9.17, 15) is 4.79 Å². The van der Waals surface area contributed by atoms with Gasteiger partial charge >= 0.3 is 5.97 Å². The van der Waals surface area contributed by atoms with Crippen molar-refractivity contribution in [3.05, 3.63) is 46.6 Å². The molecule has 0 N–H and O–H groups in total. The highest BCUT2D eigenvalue weighted by Gasteiger charge is 2.24. The third-order valence-electron chi connectivity index (χ3n) is 4.62. The average Bonchev–Trinajstić information content (AvgIpc) is 2.62. The van der Waals surface area contributed by atoms with Gasteiger partial charge in [-0.2, -0.15) is 12.6 Å². The minimum absolute atomic E-state index is 0.221. The number of carbonyl (C=O) groups excluding carboxylic acids is 1. The Bertz CT molecular complexity index is 539. The molecule has 0 aromatic rings. The van der Waals surface area contributed by atoms with Crippen LogP contribution in [0.1, 0.15) is 67.2 Å². The molecule has 0 aliphatic heterocycles. The lowest BCUT2D eigenvalue weighted by Gasteiger charge is -2.27. The molecule has 0 aliphatic carbocycles. The Hall–Kier alpha value is -1.26. The van der Waals surface area contributed by atoms with Gasteiger partial charge in [-0.05, 0) is 67.2 Å². The maximum atomic E-state index is 12.2. The number of nitrogens with zero attached hydrogens (tertiary/aromatic N) is 1. The molecule has 1 atom stereocenters. The first kappa shape index (κ1) is 26.7. The molecule has 0 saturated heterocycles. The Labute approximate surface area is 179 Å². The smallest absolute Gasteiger partial charge is 0.323 e. The summed E-state index contributed by atoms with van der Waals surface area (Å²) in [6.07, 6.45) is 13.2.